The van der Waals surface area contributed by atoms with Crippen molar-refractivity contribution >= 4 is 28.1 Å². The quantitative estimate of drug-likeness (QED) is 0.744. The third-order valence-electron chi connectivity index (χ3n) is 3.89. The van der Waals surface area contributed by atoms with Crippen LogP contribution in [0.25, 0.3) is 0 Å². The Hall–Kier alpha value is -0.220. The van der Waals surface area contributed by atoms with Crippen molar-refractivity contribution in [3.8, 4) is 0 Å². The number of halogens is 1. The van der Waals surface area contributed by atoms with Gasteiger partial charge in [-0.15, -0.1) is 0 Å². The molecule has 0 radical (unpaired) electrons. The summed E-state index contributed by atoms with van der Waals surface area (Å²) >= 11 is 8.91. The molecule has 0 unspecified atom stereocenters. The standard InChI is InChI=1S/C14H21BrN2S/c1-8(2)12-11(15)14(18)17-13(16-12)10-6-4-9(3)5-7-10/h8-10H,4-7H2,1-3H3,(H,16,17,18). The summed E-state index contributed by atoms with van der Waals surface area (Å²) in [4.78, 5) is 8.09. The van der Waals surface area contributed by atoms with Crippen molar-refractivity contribution in [2.24, 2.45) is 5.92 Å². The molecule has 0 saturated heterocycles. The fourth-order valence-corrected chi connectivity index (χ4v) is 3.47. The maximum absolute atomic E-state index is 5.36. The SMILES string of the molecule is CC1CCC(c2nc(=S)c(Br)c(C(C)C)[nH]2)CC1. The molecule has 2 nitrogen and oxygen atoms in total. The Kier molecular flexibility index (Phi) is 4.59. The number of nitrogens with one attached hydrogen (secondary N) is 1. The Balaban J connectivity index is 2.31. The van der Waals surface area contributed by atoms with Crippen LogP contribution in [-0.4, -0.2) is 9.97 Å². The average molecular weight is 329 g/mol. The lowest BCUT2D eigenvalue weighted by atomic mass is 9.82. The topological polar surface area (TPSA) is 28.7 Å². The van der Waals surface area contributed by atoms with Crippen LogP contribution >= 0.6 is 28.1 Å². The van der Waals surface area contributed by atoms with Crippen molar-refractivity contribution < 1.29 is 0 Å². The van der Waals surface area contributed by atoms with Gasteiger partial charge in [-0.05, 0) is 40.6 Å². The van der Waals surface area contributed by atoms with Crippen molar-refractivity contribution in [3.05, 3.63) is 20.6 Å². The lowest BCUT2D eigenvalue weighted by Gasteiger charge is -2.26. The van der Waals surface area contributed by atoms with E-state index in [1.807, 2.05) is 0 Å². The maximum atomic E-state index is 5.36. The van der Waals surface area contributed by atoms with Gasteiger partial charge in [0.1, 0.15) is 10.5 Å². The second-order valence-corrected chi connectivity index (χ2v) is 6.95. The molecule has 0 amide bonds. The van der Waals surface area contributed by atoms with Crippen molar-refractivity contribution in [2.45, 2.75) is 58.3 Å². The summed E-state index contributed by atoms with van der Waals surface area (Å²) in [5, 5.41) is 0. The average Bonchev–Trinajstić information content (AvgIpc) is 2.33. The molecular formula is C14H21BrN2S. The molecule has 4 heteroatoms. The van der Waals surface area contributed by atoms with Gasteiger partial charge in [0.25, 0.3) is 0 Å². The van der Waals surface area contributed by atoms with E-state index in [-0.39, 0.29) is 0 Å². The summed E-state index contributed by atoms with van der Waals surface area (Å²) in [5.41, 5.74) is 1.18. The van der Waals surface area contributed by atoms with Gasteiger partial charge in [0.2, 0.25) is 0 Å². The summed E-state index contributed by atoms with van der Waals surface area (Å²) in [6.45, 7) is 6.70. The first-order chi connectivity index (χ1) is 8.49. The van der Waals surface area contributed by atoms with Crippen LogP contribution in [0.15, 0.2) is 4.47 Å². The first-order valence-corrected chi connectivity index (χ1v) is 7.98. The van der Waals surface area contributed by atoms with E-state index in [0.717, 1.165) is 16.2 Å². The highest BCUT2D eigenvalue weighted by Gasteiger charge is 2.22. The van der Waals surface area contributed by atoms with Crippen LogP contribution in [0, 0.1) is 10.6 Å². The van der Waals surface area contributed by atoms with Gasteiger partial charge in [0.15, 0.2) is 0 Å². The highest BCUT2D eigenvalue weighted by Crippen LogP contribution is 2.35. The van der Waals surface area contributed by atoms with Crippen LogP contribution in [0.1, 0.15) is 69.8 Å². The smallest absolute Gasteiger partial charge is 0.144 e. The molecule has 0 atom stereocenters. The molecule has 1 aliphatic rings. The number of rotatable bonds is 2. The van der Waals surface area contributed by atoms with E-state index in [0.29, 0.717) is 16.5 Å². The van der Waals surface area contributed by atoms with E-state index in [4.69, 9.17) is 12.2 Å². The summed E-state index contributed by atoms with van der Waals surface area (Å²) in [7, 11) is 0. The number of aromatic nitrogens is 2. The van der Waals surface area contributed by atoms with Gasteiger partial charge in [-0.1, -0.05) is 45.8 Å². The molecule has 0 bridgehead atoms. The summed E-state index contributed by atoms with van der Waals surface area (Å²) in [6.07, 6.45) is 5.08. The molecule has 1 heterocycles. The van der Waals surface area contributed by atoms with Gasteiger partial charge >= 0.3 is 0 Å². The number of hydrogen-bond donors (Lipinski definition) is 1. The van der Waals surface area contributed by atoms with E-state index >= 15 is 0 Å². The predicted molar refractivity (Wildman–Crippen MR) is 81.6 cm³/mol. The van der Waals surface area contributed by atoms with Gasteiger partial charge in [-0.2, -0.15) is 0 Å². The third-order valence-corrected chi connectivity index (χ3v) is 5.25. The molecule has 0 aliphatic heterocycles. The molecule has 100 valence electrons. The van der Waals surface area contributed by atoms with Gasteiger partial charge in [0.05, 0.1) is 4.47 Å². The minimum Gasteiger partial charge on any atom is -0.346 e. The summed E-state index contributed by atoms with van der Waals surface area (Å²) < 4.78 is 1.66. The van der Waals surface area contributed by atoms with Gasteiger partial charge in [-0.3, -0.25) is 0 Å². The van der Waals surface area contributed by atoms with Gasteiger partial charge in [-0.25, -0.2) is 4.98 Å². The van der Waals surface area contributed by atoms with Crippen molar-refractivity contribution in [1.82, 2.24) is 9.97 Å². The second-order valence-electron chi connectivity index (χ2n) is 5.77. The minimum atomic E-state index is 0.435. The fourth-order valence-electron chi connectivity index (χ4n) is 2.62. The maximum Gasteiger partial charge on any atom is 0.144 e. The zero-order chi connectivity index (χ0) is 13.3. The zero-order valence-corrected chi connectivity index (χ0v) is 13.7. The van der Waals surface area contributed by atoms with Crippen LogP contribution in [0.2, 0.25) is 0 Å². The Morgan fingerprint density at radius 3 is 2.44 bits per heavy atom. The minimum absolute atomic E-state index is 0.435. The molecule has 0 spiro atoms. The zero-order valence-electron chi connectivity index (χ0n) is 11.3. The number of hydrogen-bond acceptors (Lipinski definition) is 2. The molecule has 1 aromatic rings. The Bertz CT molecular complexity index is 473. The van der Waals surface area contributed by atoms with E-state index in [9.17, 15) is 0 Å². The van der Waals surface area contributed by atoms with E-state index in [2.05, 4.69) is 46.7 Å². The van der Waals surface area contributed by atoms with Crippen LogP contribution in [-0.2, 0) is 0 Å². The van der Waals surface area contributed by atoms with E-state index in [1.165, 1.54) is 31.4 Å². The Labute approximate surface area is 123 Å². The molecule has 2 rings (SSSR count). The second kappa shape index (κ2) is 5.83. The van der Waals surface area contributed by atoms with Crippen molar-refractivity contribution in [2.75, 3.05) is 0 Å². The fraction of sp³-hybridized carbons (Fsp3) is 0.714. The summed E-state index contributed by atoms with van der Waals surface area (Å²) in [5.74, 6) is 2.96. The molecule has 1 saturated carbocycles. The predicted octanol–water partition coefficient (Wildman–Crippen LogP) is 5.32. The molecule has 0 aromatic carbocycles. The number of H-pyrrole nitrogens is 1. The molecule has 18 heavy (non-hydrogen) atoms. The van der Waals surface area contributed by atoms with Crippen molar-refractivity contribution in [1.29, 1.82) is 0 Å². The lowest BCUT2D eigenvalue weighted by Crippen LogP contribution is -2.15. The Morgan fingerprint density at radius 1 is 1.28 bits per heavy atom. The Morgan fingerprint density at radius 2 is 1.89 bits per heavy atom. The number of aromatic amines is 1. The lowest BCUT2D eigenvalue weighted by molar-refractivity contribution is 0.339. The highest BCUT2D eigenvalue weighted by atomic mass is 79.9. The molecular weight excluding hydrogens is 308 g/mol. The summed E-state index contributed by atoms with van der Waals surface area (Å²) in [6, 6.07) is 0. The van der Waals surface area contributed by atoms with Crippen LogP contribution < -0.4 is 0 Å². The van der Waals surface area contributed by atoms with Crippen LogP contribution in [0.4, 0.5) is 0 Å². The monoisotopic (exact) mass is 328 g/mol. The largest absolute Gasteiger partial charge is 0.346 e. The third kappa shape index (κ3) is 3.02. The first-order valence-electron chi connectivity index (χ1n) is 6.78. The van der Waals surface area contributed by atoms with E-state index in [1.54, 1.807) is 0 Å². The number of nitrogens with zero attached hydrogens (tertiary/aromatic N) is 1. The highest BCUT2D eigenvalue weighted by molar-refractivity contribution is 9.10. The van der Waals surface area contributed by atoms with Crippen LogP contribution in [0.3, 0.4) is 0 Å². The normalized spacial score (nSPS) is 24.5. The molecule has 1 fully saturated rings. The molecule has 1 aromatic heterocycles. The molecule has 1 aliphatic carbocycles. The van der Waals surface area contributed by atoms with Crippen LogP contribution in [0.5, 0.6) is 0 Å². The van der Waals surface area contributed by atoms with Crippen molar-refractivity contribution in [3.63, 3.8) is 0 Å². The first kappa shape index (κ1) is 14.2. The van der Waals surface area contributed by atoms with Gasteiger partial charge < -0.3 is 4.98 Å². The van der Waals surface area contributed by atoms with Gasteiger partial charge in [0, 0.05) is 11.6 Å². The van der Waals surface area contributed by atoms with E-state index < -0.39 is 0 Å². The molecule has 1 N–H and O–H groups in total.